The molecule has 0 fully saturated rings. The molecule has 2 heterocycles. The Morgan fingerprint density at radius 2 is 2.33 bits per heavy atom. The van der Waals surface area contributed by atoms with Crippen LogP contribution in [0.25, 0.3) is 0 Å². The topological polar surface area (TPSA) is 64.2 Å². The first-order valence-electron chi connectivity index (χ1n) is 5.56. The Hall–Kier alpha value is -1.82. The molecule has 96 valence electrons. The summed E-state index contributed by atoms with van der Waals surface area (Å²) >= 11 is 1.42. The molecule has 0 saturated heterocycles. The maximum atomic E-state index is 12.2. The average Bonchev–Trinajstić information content (AvgIpc) is 2.86. The smallest absolute Gasteiger partial charge is 0.264 e. The lowest BCUT2D eigenvalue weighted by molar-refractivity contribution is 0.0785. The Labute approximate surface area is 110 Å². The lowest BCUT2D eigenvalue weighted by Crippen LogP contribution is -2.26. The largest absolute Gasteiger partial charge is 0.398 e. The van der Waals surface area contributed by atoms with Crippen molar-refractivity contribution in [2.24, 2.45) is 7.05 Å². The van der Waals surface area contributed by atoms with Gasteiger partial charge < -0.3 is 15.2 Å². The minimum absolute atomic E-state index is 0.0252. The highest BCUT2D eigenvalue weighted by molar-refractivity contribution is 7.14. The number of hydrogen-bond donors (Lipinski definition) is 1. The van der Waals surface area contributed by atoms with Gasteiger partial charge in [0, 0.05) is 37.1 Å². The molecule has 0 bridgehead atoms. The first-order valence-corrected chi connectivity index (χ1v) is 6.38. The molecule has 2 aromatic heterocycles. The van der Waals surface area contributed by atoms with Crippen LogP contribution in [0.15, 0.2) is 18.5 Å². The van der Waals surface area contributed by atoms with E-state index in [1.54, 1.807) is 24.2 Å². The van der Waals surface area contributed by atoms with Gasteiger partial charge in [-0.2, -0.15) is 0 Å². The van der Waals surface area contributed by atoms with Gasteiger partial charge in [0.25, 0.3) is 5.91 Å². The highest BCUT2D eigenvalue weighted by Crippen LogP contribution is 2.24. The number of nitrogens with two attached hydrogens (primary N) is 1. The molecular weight excluding hydrogens is 248 g/mol. The molecule has 2 N–H and O–H groups in total. The summed E-state index contributed by atoms with van der Waals surface area (Å²) in [7, 11) is 3.68. The molecule has 2 rings (SSSR count). The molecule has 0 radical (unpaired) electrons. The summed E-state index contributed by atoms with van der Waals surface area (Å²) in [5.74, 6) is 0.829. The van der Waals surface area contributed by atoms with Crippen molar-refractivity contribution >= 4 is 22.9 Å². The molecule has 5 nitrogen and oxygen atoms in total. The number of nitrogens with zero attached hydrogens (tertiary/aromatic N) is 3. The lowest BCUT2D eigenvalue weighted by atomic mass is 10.3. The third kappa shape index (κ3) is 2.38. The quantitative estimate of drug-likeness (QED) is 0.916. The van der Waals surface area contributed by atoms with Gasteiger partial charge in [-0.25, -0.2) is 4.98 Å². The van der Waals surface area contributed by atoms with Gasteiger partial charge in [0.1, 0.15) is 5.82 Å². The van der Waals surface area contributed by atoms with Gasteiger partial charge in [-0.15, -0.1) is 11.3 Å². The predicted octanol–water partition coefficient (Wildman–Crippen LogP) is 1.64. The summed E-state index contributed by atoms with van der Waals surface area (Å²) in [4.78, 5) is 19.7. The molecule has 0 aliphatic rings. The SMILES string of the molecule is Cc1sc(C(=O)N(C)Cc2nccn2C)cc1N. The van der Waals surface area contributed by atoms with E-state index in [0.717, 1.165) is 10.7 Å². The number of imidazole rings is 1. The van der Waals surface area contributed by atoms with Crippen molar-refractivity contribution in [2.45, 2.75) is 13.5 Å². The predicted molar refractivity (Wildman–Crippen MR) is 72.5 cm³/mol. The van der Waals surface area contributed by atoms with Crippen molar-refractivity contribution in [3.05, 3.63) is 34.0 Å². The van der Waals surface area contributed by atoms with Gasteiger partial charge in [-0.1, -0.05) is 0 Å². The Balaban J connectivity index is 2.12. The zero-order valence-electron chi connectivity index (χ0n) is 10.7. The number of rotatable bonds is 3. The van der Waals surface area contributed by atoms with Gasteiger partial charge in [0.2, 0.25) is 0 Å². The van der Waals surface area contributed by atoms with Crippen LogP contribution in [0.5, 0.6) is 0 Å². The molecule has 0 unspecified atom stereocenters. The number of thiophene rings is 1. The number of amides is 1. The minimum Gasteiger partial charge on any atom is -0.398 e. The Morgan fingerprint density at radius 3 is 2.83 bits per heavy atom. The van der Waals surface area contributed by atoms with Gasteiger partial charge in [-0.05, 0) is 13.0 Å². The molecule has 0 spiro atoms. The highest BCUT2D eigenvalue weighted by atomic mass is 32.1. The first-order chi connectivity index (χ1) is 8.49. The standard InChI is InChI=1S/C12H16N4OS/c1-8-9(13)6-10(18-8)12(17)16(3)7-11-14-4-5-15(11)2/h4-6H,7,13H2,1-3H3. The Bertz CT molecular complexity index is 553. The molecule has 0 aromatic carbocycles. The fraction of sp³-hybridized carbons (Fsp3) is 0.333. The van der Waals surface area contributed by atoms with Crippen LogP contribution >= 0.6 is 11.3 Å². The molecular formula is C12H16N4OS. The van der Waals surface area contributed by atoms with E-state index in [1.807, 2.05) is 24.7 Å². The van der Waals surface area contributed by atoms with E-state index in [4.69, 9.17) is 5.73 Å². The second-order valence-corrected chi connectivity index (χ2v) is 5.49. The number of hydrogen-bond acceptors (Lipinski definition) is 4. The molecule has 1 amide bonds. The molecule has 0 atom stereocenters. The molecule has 0 saturated carbocycles. The van der Waals surface area contributed by atoms with E-state index in [-0.39, 0.29) is 5.91 Å². The van der Waals surface area contributed by atoms with E-state index in [9.17, 15) is 4.79 Å². The van der Waals surface area contributed by atoms with E-state index in [2.05, 4.69) is 4.98 Å². The van der Waals surface area contributed by atoms with Crippen LogP contribution in [0.2, 0.25) is 0 Å². The van der Waals surface area contributed by atoms with E-state index < -0.39 is 0 Å². The van der Waals surface area contributed by atoms with E-state index in [0.29, 0.717) is 17.1 Å². The van der Waals surface area contributed by atoms with Crippen LogP contribution in [-0.4, -0.2) is 27.4 Å². The van der Waals surface area contributed by atoms with Crippen molar-refractivity contribution in [2.75, 3.05) is 12.8 Å². The summed E-state index contributed by atoms with van der Waals surface area (Å²) in [5.41, 5.74) is 6.44. The molecule has 2 aromatic rings. The number of nitrogen functional groups attached to an aromatic ring is 1. The fourth-order valence-corrected chi connectivity index (χ4v) is 2.56. The third-order valence-corrected chi connectivity index (χ3v) is 3.87. The lowest BCUT2D eigenvalue weighted by Gasteiger charge is -2.15. The van der Waals surface area contributed by atoms with Crippen LogP contribution < -0.4 is 5.73 Å². The Morgan fingerprint density at radius 1 is 1.61 bits per heavy atom. The van der Waals surface area contributed by atoms with E-state index >= 15 is 0 Å². The molecule has 18 heavy (non-hydrogen) atoms. The third-order valence-electron chi connectivity index (χ3n) is 2.81. The summed E-state index contributed by atoms with van der Waals surface area (Å²) < 4.78 is 1.90. The van der Waals surface area contributed by atoms with Crippen molar-refractivity contribution in [1.29, 1.82) is 0 Å². The number of carbonyl (C=O) groups is 1. The zero-order chi connectivity index (χ0) is 13.3. The summed E-state index contributed by atoms with van der Waals surface area (Å²) in [6, 6.07) is 1.73. The molecule has 0 aliphatic heterocycles. The first kappa shape index (κ1) is 12.6. The van der Waals surface area contributed by atoms with E-state index in [1.165, 1.54) is 11.3 Å². The minimum atomic E-state index is -0.0252. The summed E-state index contributed by atoms with van der Waals surface area (Å²) in [5, 5.41) is 0. The highest BCUT2D eigenvalue weighted by Gasteiger charge is 2.16. The van der Waals surface area contributed by atoms with Gasteiger partial charge >= 0.3 is 0 Å². The van der Waals surface area contributed by atoms with Crippen LogP contribution in [0.1, 0.15) is 20.4 Å². The van der Waals surface area contributed by atoms with Gasteiger partial charge in [-0.3, -0.25) is 4.79 Å². The van der Waals surface area contributed by atoms with Crippen LogP contribution in [0.4, 0.5) is 5.69 Å². The zero-order valence-corrected chi connectivity index (χ0v) is 11.5. The van der Waals surface area contributed by atoms with Crippen molar-refractivity contribution in [1.82, 2.24) is 14.5 Å². The van der Waals surface area contributed by atoms with Crippen LogP contribution in [0, 0.1) is 6.92 Å². The maximum absolute atomic E-state index is 12.2. The molecule has 0 aliphatic carbocycles. The van der Waals surface area contributed by atoms with Crippen molar-refractivity contribution in [3.8, 4) is 0 Å². The average molecular weight is 264 g/mol. The second-order valence-electron chi connectivity index (χ2n) is 4.24. The second kappa shape index (κ2) is 4.81. The number of carbonyl (C=O) groups excluding carboxylic acids is 1. The van der Waals surface area contributed by atoms with Crippen molar-refractivity contribution in [3.63, 3.8) is 0 Å². The van der Waals surface area contributed by atoms with Crippen molar-refractivity contribution < 1.29 is 4.79 Å². The maximum Gasteiger partial charge on any atom is 0.264 e. The fourth-order valence-electron chi connectivity index (χ4n) is 1.62. The normalized spacial score (nSPS) is 10.6. The Kier molecular flexibility index (Phi) is 3.38. The van der Waals surface area contributed by atoms with Crippen LogP contribution in [-0.2, 0) is 13.6 Å². The van der Waals surface area contributed by atoms with Gasteiger partial charge in [0.15, 0.2) is 0 Å². The van der Waals surface area contributed by atoms with Gasteiger partial charge in [0.05, 0.1) is 11.4 Å². The summed E-state index contributed by atoms with van der Waals surface area (Å²) in [6.45, 7) is 2.40. The number of aromatic nitrogens is 2. The monoisotopic (exact) mass is 264 g/mol. The molecule has 6 heteroatoms. The number of anilines is 1. The van der Waals surface area contributed by atoms with Crippen LogP contribution in [0.3, 0.4) is 0 Å². The number of aryl methyl sites for hydroxylation is 2. The summed E-state index contributed by atoms with van der Waals surface area (Å²) in [6.07, 6.45) is 3.59.